The minimum absolute atomic E-state index is 0.0656. The van der Waals surface area contributed by atoms with E-state index in [4.69, 9.17) is 11.6 Å². The van der Waals surface area contributed by atoms with Crippen molar-refractivity contribution in [3.05, 3.63) is 64.2 Å². The number of fused-ring (bicyclic) bond motifs is 1. The first-order valence-corrected chi connectivity index (χ1v) is 9.37. The van der Waals surface area contributed by atoms with E-state index in [1.165, 1.54) is 10.5 Å². The van der Waals surface area contributed by atoms with Crippen LogP contribution >= 0.6 is 23.4 Å². The van der Waals surface area contributed by atoms with E-state index in [0.29, 0.717) is 0 Å². The van der Waals surface area contributed by atoms with E-state index in [1.54, 1.807) is 24.8 Å². The lowest BCUT2D eigenvalue weighted by Gasteiger charge is -2.22. The second-order valence-corrected chi connectivity index (χ2v) is 7.77. The number of halogens is 1. The van der Waals surface area contributed by atoms with E-state index in [-0.39, 0.29) is 5.78 Å². The number of allylic oxidation sites excluding steroid dienone is 1. The Morgan fingerprint density at radius 3 is 2.72 bits per heavy atom. The first-order valence-electron chi connectivity index (χ1n) is 8.17. The molecule has 0 amide bonds. The fourth-order valence-electron chi connectivity index (χ4n) is 2.81. The van der Waals surface area contributed by atoms with Crippen molar-refractivity contribution in [2.75, 3.05) is 30.4 Å². The van der Waals surface area contributed by atoms with Crippen molar-refractivity contribution in [3.63, 3.8) is 0 Å². The van der Waals surface area contributed by atoms with Crippen molar-refractivity contribution in [1.29, 1.82) is 0 Å². The number of carbonyl (C=O) groups excluding carboxylic acids is 1. The first kappa shape index (κ1) is 17.9. The van der Waals surface area contributed by atoms with Gasteiger partial charge in [0.2, 0.25) is 0 Å². The molecule has 0 saturated heterocycles. The van der Waals surface area contributed by atoms with E-state index in [9.17, 15) is 4.79 Å². The number of anilines is 2. The Labute approximate surface area is 158 Å². The van der Waals surface area contributed by atoms with Crippen LogP contribution in [0.1, 0.15) is 12.5 Å². The zero-order chi connectivity index (χ0) is 18.0. The lowest BCUT2D eigenvalue weighted by molar-refractivity contribution is -0.112. The van der Waals surface area contributed by atoms with Crippen LogP contribution in [-0.2, 0) is 11.2 Å². The number of hydrogen-bond donors (Lipinski definition) is 0. The summed E-state index contributed by atoms with van der Waals surface area (Å²) in [5.74, 6) is 0.0656. The molecule has 0 unspecified atom stereocenters. The molecule has 3 rings (SSSR count). The molecule has 130 valence electrons. The van der Waals surface area contributed by atoms with Gasteiger partial charge in [-0.15, -0.1) is 0 Å². The standard InChI is InChI=1S/C20H21ClN2OS/c1-14(24)11-20-23(10-9-15-5-4-6-16(21)12-15)18-13-17(22(2)3)7-8-19(18)25-20/h4-8,11-13H,9-10H2,1-3H3/b20-11-. The van der Waals surface area contributed by atoms with Crippen LogP contribution in [0, 0.1) is 0 Å². The monoisotopic (exact) mass is 372 g/mol. The van der Waals surface area contributed by atoms with Gasteiger partial charge in [0.15, 0.2) is 5.78 Å². The van der Waals surface area contributed by atoms with Gasteiger partial charge in [0.05, 0.1) is 10.7 Å². The van der Waals surface area contributed by atoms with Gasteiger partial charge in [-0.25, -0.2) is 0 Å². The van der Waals surface area contributed by atoms with Crippen molar-refractivity contribution in [3.8, 4) is 0 Å². The van der Waals surface area contributed by atoms with E-state index in [2.05, 4.69) is 34.1 Å². The molecule has 0 saturated carbocycles. The van der Waals surface area contributed by atoms with Crippen LogP contribution < -0.4 is 9.80 Å². The molecular formula is C20H21ClN2OS. The molecule has 0 aliphatic carbocycles. The summed E-state index contributed by atoms with van der Waals surface area (Å²) in [5.41, 5.74) is 3.50. The summed E-state index contributed by atoms with van der Waals surface area (Å²) >= 11 is 7.75. The van der Waals surface area contributed by atoms with E-state index < -0.39 is 0 Å². The molecule has 0 atom stereocenters. The molecule has 0 fully saturated rings. The molecule has 0 spiro atoms. The molecule has 25 heavy (non-hydrogen) atoms. The average molecular weight is 373 g/mol. The van der Waals surface area contributed by atoms with Gasteiger partial charge in [-0.05, 0) is 49.2 Å². The molecule has 2 aromatic carbocycles. The number of rotatable bonds is 5. The number of benzene rings is 2. The molecule has 0 radical (unpaired) electrons. The van der Waals surface area contributed by atoms with Gasteiger partial charge in [-0.2, -0.15) is 0 Å². The molecule has 1 aliphatic rings. The van der Waals surface area contributed by atoms with Crippen LogP contribution in [0.25, 0.3) is 0 Å². The van der Waals surface area contributed by atoms with Crippen molar-refractivity contribution in [2.24, 2.45) is 0 Å². The van der Waals surface area contributed by atoms with Crippen LogP contribution in [0.2, 0.25) is 5.02 Å². The highest BCUT2D eigenvalue weighted by Crippen LogP contribution is 2.47. The van der Waals surface area contributed by atoms with E-state index >= 15 is 0 Å². The largest absolute Gasteiger partial charge is 0.378 e. The van der Waals surface area contributed by atoms with Gasteiger partial charge in [0, 0.05) is 42.3 Å². The van der Waals surface area contributed by atoms with Gasteiger partial charge >= 0.3 is 0 Å². The number of hydrogen-bond acceptors (Lipinski definition) is 4. The highest BCUT2D eigenvalue weighted by molar-refractivity contribution is 8.03. The Morgan fingerprint density at radius 2 is 2.04 bits per heavy atom. The number of nitrogens with zero attached hydrogens (tertiary/aromatic N) is 2. The van der Waals surface area contributed by atoms with Crippen LogP contribution in [-0.4, -0.2) is 26.4 Å². The normalized spacial score (nSPS) is 14.7. The number of carbonyl (C=O) groups is 1. The van der Waals surface area contributed by atoms with Gasteiger partial charge in [-0.3, -0.25) is 4.79 Å². The quantitative estimate of drug-likeness (QED) is 0.690. The Balaban J connectivity index is 1.90. The molecular weight excluding hydrogens is 352 g/mol. The molecule has 1 heterocycles. The van der Waals surface area contributed by atoms with E-state index in [1.807, 2.05) is 32.3 Å². The maximum atomic E-state index is 11.6. The number of thioether (sulfide) groups is 1. The Hall–Kier alpha value is -1.91. The predicted octanol–water partition coefficient (Wildman–Crippen LogP) is 4.99. The van der Waals surface area contributed by atoms with Crippen LogP contribution in [0.4, 0.5) is 11.4 Å². The molecule has 0 N–H and O–H groups in total. The zero-order valence-corrected chi connectivity index (χ0v) is 16.2. The third-order valence-corrected chi connectivity index (χ3v) is 5.42. The predicted molar refractivity (Wildman–Crippen MR) is 108 cm³/mol. The van der Waals surface area contributed by atoms with Crippen LogP contribution in [0.5, 0.6) is 0 Å². The fraction of sp³-hybridized carbons (Fsp3) is 0.250. The second kappa shape index (κ2) is 7.54. The topological polar surface area (TPSA) is 23.6 Å². The molecule has 0 bridgehead atoms. The lowest BCUT2D eigenvalue weighted by Crippen LogP contribution is -2.21. The zero-order valence-electron chi connectivity index (χ0n) is 14.6. The summed E-state index contributed by atoms with van der Waals surface area (Å²) in [6, 6.07) is 14.4. The lowest BCUT2D eigenvalue weighted by atomic mass is 10.1. The Kier molecular flexibility index (Phi) is 5.40. The third kappa shape index (κ3) is 4.20. The summed E-state index contributed by atoms with van der Waals surface area (Å²) in [6.45, 7) is 2.40. The molecule has 3 nitrogen and oxygen atoms in total. The van der Waals surface area contributed by atoms with Crippen molar-refractivity contribution >= 4 is 40.5 Å². The summed E-state index contributed by atoms with van der Waals surface area (Å²) in [5, 5.41) is 1.74. The highest BCUT2D eigenvalue weighted by Gasteiger charge is 2.26. The average Bonchev–Trinajstić information content (AvgIpc) is 2.88. The maximum Gasteiger partial charge on any atom is 0.155 e. The summed E-state index contributed by atoms with van der Waals surface area (Å²) in [6.07, 6.45) is 2.58. The van der Waals surface area contributed by atoms with Gasteiger partial charge < -0.3 is 9.80 Å². The fourth-order valence-corrected chi connectivity index (χ4v) is 4.19. The smallest absolute Gasteiger partial charge is 0.155 e. The Morgan fingerprint density at radius 1 is 1.24 bits per heavy atom. The SMILES string of the molecule is CC(=O)/C=C1\Sc2ccc(N(C)C)cc2N1CCc1cccc(Cl)c1. The molecule has 1 aliphatic heterocycles. The van der Waals surface area contributed by atoms with Crippen molar-refractivity contribution in [2.45, 2.75) is 18.2 Å². The first-order chi connectivity index (χ1) is 11.9. The van der Waals surface area contributed by atoms with Gasteiger partial charge in [-0.1, -0.05) is 35.5 Å². The van der Waals surface area contributed by atoms with Crippen LogP contribution in [0.3, 0.4) is 0 Å². The summed E-state index contributed by atoms with van der Waals surface area (Å²) < 4.78 is 0. The van der Waals surface area contributed by atoms with Crippen molar-refractivity contribution in [1.82, 2.24) is 0 Å². The minimum atomic E-state index is 0.0656. The number of ketones is 1. The highest BCUT2D eigenvalue weighted by atomic mass is 35.5. The third-order valence-electron chi connectivity index (χ3n) is 4.07. The van der Waals surface area contributed by atoms with Gasteiger partial charge in [0.25, 0.3) is 0 Å². The summed E-state index contributed by atoms with van der Waals surface area (Å²) in [7, 11) is 4.07. The molecule has 0 aromatic heterocycles. The molecule has 2 aromatic rings. The van der Waals surface area contributed by atoms with Crippen molar-refractivity contribution < 1.29 is 4.79 Å². The second-order valence-electron chi connectivity index (χ2n) is 6.27. The maximum absolute atomic E-state index is 11.6. The van der Waals surface area contributed by atoms with E-state index in [0.717, 1.165) is 34.4 Å². The van der Waals surface area contributed by atoms with Crippen LogP contribution in [0.15, 0.2) is 58.5 Å². The Bertz CT molecular complexity index is 832. The molecule has 5 heteroatoms. The summed E-state index contributed by atoms with van der Waals surface area (Å²) in [4.78, 5) is 17.2. The minimum Gasteiger partial charge on any atom is -0.378 e. The van der Waals surface area contributed by atoms with Gasteiger partial charge in [0.1, 0.15) is 0 Å².